The summed E-state index contributed by atoms with van der Waals surface area (Å²) in [6.07, 6.45) is 36.0. The second-order valence-electron chi connectivity index (χ2n) is 15.0. The van der Waals surface area contributed by atoms with Gasteiger partial charge in [-0.3, -0.25) is 9.59 Å². The first-order valence-corrected chi connectivity index (χ1v) is 21.8. The van der Waals surface area contributed by atoms with Gasteiger partial charge in [0.25, 0.3) is 0 Å². The van der Waals surface area contributed by atoms with Crippen LogP contribution in [0.1, 0.15) is 207 Å². The summed E-state index contributed by atoms with van der Waals surface area (Å²) in [5, 5.41) is 9.30. The molecule has 50 heavy (non-hydrogen) atoms. The van der Waals surface area contributed by atoms with Gasteiger partial charge in [-0.25, -0.2) is 0 Å². The third kappa shape index (κ3) is 33.7. The quantitative estimate of drug-likeness (QED) is 0.0389. The number of carbonyl (C=O) groups excluding carboxylic acids is 2. The van der Waals surface area contributed by atoms with E-state index in [0.717, 1.165) is 58.2 Å². The number of hydrogen-bond acceptors (Lipinski definition) is 6. The first kappa shape index (κ1) is 48.6. The average molecular weight is 708 g/mol. The van der Waals surface area contributed by atoms with Crippen LogP contribution in [-0.2, 0) is 19.1 Å². The number of aliphatic hydroxyl groups excluding tert-OH is 1. The van der Waals surface area contributed by atoms with Crippen molar-refractivity contribution in [2.24, 2.45) is 11.8 Å². The fraction of sp³-hybridized carbons (Fsp3) is 0.909. The molecule has 0 bridgehead atoms. The molecule has 6 nitrogen and oxygen atoms in total. The van der Waals surface area contributed by atoms with Gasteiger partial charge >= 0.3 is 11.9 Å². The molecule has 0 rings (SSSR count). The molecule has 0 aromatic heterocycles. The number of hydrogen-bond donors (Lipinski definition) is 1. The van der Waals surface area contributed by atoms with Crippen LogP contribution in [0, 0.1) is 11.8 Å². The third-order valence-corrected chi connectivity index (χ3v) is 10.0. The van der Waals surface area contributed by atoms with E-state index in [9.17, 15) is 14.7 Å². The molecule has 296 valence electrons. The largest absolute Gasteiger partial charge is 0.465 e. The molecule has 0 saturated heterocycles. The Kier molecular flexibility index (Phi) is 37.7. The van der Waals surface area contributed by atoms with Crippen LogP contribution in [0.5, 0.6) is 0 Å². The Labute approximate surface area is 311 Å². The summed E-state index contributed by atoms with van der Waals surface area (Å²) in [5.41, 5.74) is 0. The van der Waals surface area contributed by atoms with Crippen molar-refractivity contribution in [1.29, 1.82) is 0 Å². The standard InChI is InChI=1S/C44H85NO5/c1-5-9-13-17-19-23-31-41(29-21-15-11-7-3)39-49-43(47)33-27-36-45(35-25-26-38-46)37-28-34-44(48)50-40-42(30-22-16-12-8-4)32-24-20-18-14-10-6-2/h23,31,41-42,46H,5-22,24-30,32-40H2,1-4H3/b31-23+. The van der Waals surface area contributed by atoms with Crippen molar-refractivity contribution in [2.75, 3.05) is 39.5 Å². The van der Waals surface area contributed by atoms with Gasteiger partial charge in [0.2, 0.25) is 0 Å². The summed E-state index contributed by atoms with van der Waals surface area (Å²) in [7, 11) is 0. The molecule has 0 aliphatic rings. The summed E-state index contributed by atoms with van der Waals surface area (Å²) < 4.78 is 11.6. The molecule has 0 fully saturated rings. The predicted octanol–water partition coefficient (Wildman–Crippen LogP) is 12.2. The van der Waals surface area contributed by atoms with Crippen molar-refractivity contribution >= 4 is 11.9 Å². The number of nitrogens with zero attached hydrogens (tertiary/aromatic N) is 1. The van der Waals surface area contributed by atoms with Gasteiger partial charge in [0.05, 0.1) is 13.2 Å². The topological polar surface area (TPSA) is 76.1 Å². The van der Waals surface area contributed by atoms with Gasteiger partial charge in [-0.2, -0.15) is 0 Å². The Bertz CT molecular complexity index is 757. The number of ether oxygens (including phenoxy) is 2. The van der Waals surface area contributed by atoms with Crippen LogP contribution in [0.25, 0.3) is 0 Å². The maximum Gasteiger partial charge on any atom is 0.305 e. The van der Waals surface area contributed by atoms with Crippen molar-refractivity contribution in [2.45, 2.75) is 207 Å². The van der Waals surface area contributed by atoms with Gasteiger partial charge in [0.1, 0.15) is 0 Å². The van der Waals surface area contributed by atoms with Gasteiger partial charge in [-0.1, -0.05) is 149 Å². The van der Waals surface area contributed by atoms with E-state index < -0.39 is 0 Å². The molecule has 2 unspecified atom stereocenters. The summed E-state index contributed by atoms with van der Waals surface area (Å²) in [6, 6.07) is 0. The van der Waals surface area contributed by atoms with Gasteiger partial charge in [0.15, 0.2) is 0 Å². The minimum atomic E-state index is -0.107. The predicted molar refractivity (Wildman–Crippen MR) is 214 cm³/mol. The van der Waals surface area contributed by atoms with E-state index in [4.69, 9.17) is 9.47 Å². The molecule has 6 heteroatoms. The Morgan fingerprint density at radius 1 is 0.540 bits per heavy atom. The van der Waals surface area contributed by atoms with Gasteiger partial charge < -0.3 is 19.5 Å². The minimum absolute atomic E-state index is 0.0790. The summed E-state index contributed by atoms with van der Waals surface area (Å²) >= 11 is 0. The van der Waals surface area contributed by atoms with Crippen LogP contribution in [0.4, 0.5) is 0 Å². The fourth-order valence-electron chi connectivity index (χ4n) is 6.66. The van der Waals surface area contributed by atoms with E-state index in [0.29, 0.717) is 37.9 Å². The normalized spacial score (nSPS) is 12.9. The monoisotopic (exact) mass is 708 g/mol. The maximum absolute atomic E-state index is 12.7. The minimum Gasteiger partial charge on any atom is -0.465 e. The number of unbranched alkanes of at least 4 members (excludes halogenated alkanes) is 16. The highest BCUT2D eigenvalue weighted by Gasteiger charge is 2.14. The van der Waals surface area contributed by atoms with Crippen LogP contribution in [0.2, 0.25) is 0 Å². The molecule has 2 atom stereocenters. The zero-order valence-electron chi connectivity index (χ0n) is 33.9. The van der Waals surface area contributed by atoms with Crippen LogP contribution in [-0.4, -0.2) is 61.4 Å². The Morgan fingerprint density at radius 2 is 1.00 bits per heavy atom. The molecule has 1 N–H and O–H groups in total. The number of carbonyl (C=O) groups is 2. The van der Waals surface area contributed by atoms with Crippen molar-refractivity contribution in [3.8, 4) is 0 Å². The molecule has 0 aliphatic carbocycles. The third-order valence-electron chi connectivity index (χ3n) is 10.0. The van der Waals surface area contributed by atoms with Crippen molar-refractivity contribution in [1.82, 2.24) is 4.90 Å². The lowest BCUT2D eigenvalue weighted by Crippen LogP contribution is -2.28. The highest BCUT2D eigenvalue weighted by molar-refractivity contribution is 5.69. The number of allylic oxidation sites excluding steroid dienone is 1. The summed E-state index contributed by atoms with van der Waals surface area (Å²) in [4.78, 5) is 27.8. The lowest BCUT2D eigenvalue weighted by molar-refractivity contribution is -0.145. The van der Waals surface area contributed by atoms with Gasteiger partial charge in [0, 0.05) is 25.4 Å². The van der Waals surface area contributed by atoms with Crippen LogP contribution in [0.3, 0.4) is 0 Å². The molecule has 0 aromatic rings. The van der Waals surface area contributed by atoms with E-state index in [2.05, 4.69) is 44.7 Å². The van der Waals surface area contributed by atoms with E-state index in [1.807, 2.05) is 0 Å². The van der Waals surface area contributed by atoms with Gasteiger partial charge in [-0.15, -0.1) is 0 Å². The van der Waals surface area contributed by atoms with Crippen LogP contribution in [0.15, 0.2) is 12.2 Å². The molecule has 0 saturated carbocycles. The second kappa shape index (κ2) is 38.8. The maximum atomic E-state index is 12.7. The highest BCUT2D eigenvalue weighted by Crippen LogP contribution is 2.20. The van der Waals surface area contributed by atoms with Crippen molar-refractivity contribution in [3.05, 3.63) is 12.2 Å². The second-order valence-corrected chi connectivity index (χ2v) is 15.0. The first-order valence-electron chi connectivity index (χ1n) is 21.8. The first-order chi connectivity index (χ1) is 24.5. The van der Waals surface area contributed by atoms with Crippen molar-refractivity contribution in [3.63, 3.8) is 0 Å². The Morgan fingerprint density at radius 3 is 1.56 bits per heavy atom. The number of aliphatic hydroxyl groups is 1. The molecule has 0 amide bonds. The zero-order valence-corrected chi connectivity index (χ0v) is 33.9. The van der Waals surface area contributed by atoms with E-state index in [1.165, 1.54) is 128 Å². The highest BCUT2D eigenvalue weighted by atomic mass is 16.5. The Balaban J connectivity index is 4.65. The van der Waals surface area contributed by atoms with E-state index in [-0.39, 0.29) is 18.5 Å². The molecule has 0 spiro atoms. The van der Waals surface area contributed by atoms with Crippen LogP contribution < -0.4 is 0 Å². The molecular formula is C44H85NO5. The van der Waals surface area contributed by atoms with E-state index in [1.54, 1.807) is 0 Å². The molecule has 0 heterocycles. The molecule has 0 radical (unpaired) electrons. The SMILES string of the molecule is CCCCCC/C=C/C(CCCCCC)COC(=O)CCCN(CCCCO)CCCC(=O)OCC(CCCCCC)CCCCCCCC. The molecule has 0 aliphatic heterocycles. The Hall–Kier alpha value is -1.40. The van der Waals surface area contributed by atoms with E-state index >= 15 is 0 Å². The fourth-order valence-corrected chi connectivity index (χ4v) is 6.66. The lowest BCUT2D eigenvalue weighted by atomic mass is 9.95. The number of rotatable bonds is 39. The lowest BCUT2D eigenvalue weighted by Gasteiger charge is -2.22. The molecule has 0 aromatic carbocycles. The van der Waals surface area contributed by atoms with Gasteiger partial charge in [-0.05, 0) is 83.3 Å². The van der Waals surface area contributed by atoms with Crippen LogP contribution >= 0.6 is 0 Å². The van der Waals surface area contributed by atoms with Crippen molar-refractivity contribution < 1.29 is 24.2 Å². The average Bonchev–Trinajstić information content (AvgIpc) is 3.11. The smallest absolute Gasteiger partial charge is 0.305 e. The summed E-state index contributed by atoms with van der Waals surface area (Å²) in [6.45, 7) is 12.7. The number of esters is 2. The zero-order chi connectivity index (χ0) is 36.8. The molecular weight excluding hydrogens is 622 g/mol. The summed E-state index contributed by atoms with van der Waals surface area (Å²) in [5.74, 6) is 0.608.